The Balaban J connectivity index is 2.73. The number of hydrogen-bond acceptors (Lipinski definition) is 3. The molecule has 1 N–H and O–H groups in total. The number of carbonyl (C=O) groups excluding carboxylic acids is 1. The van der Waals surface area contributed by atoms with Gasteiger partial charge in [-0.15, -0.1) is 0 Å². The molecule has 18 heavy (non-hydrogen) atoms. The molecule has 0 aliphatic carbocycles. The third-order valence-corrected chi connectivity index (χ3v) is 2.22. The van der Waals surface area contributed by atoms with Crippen molar-refractivity contribution < 1.29 is 22.7 Å². The molecular weight excluding hydrogens is 247 g/mol. The molecule has 0 saturated heterocycles. The smallest absolute Gasteiger partial charge is 0.407 e. The summed E-state index contributed by atoms with van der Waals surface area (Å²) in [6, 6.07) is 5.50. The van der Waals surface area contributed by atoms with Crippen molar-refractivity contribution in [1.29, 1.82) is 0 Å². The highest BCUT2D eigenvalue weighted by Gasteiger charge is 2.40. The summed E-state index contributed by atoms with van der Waals surface area (Å²) in [6.07, 6.45) is -4.46. The van der Waals surface area contributed by atoms with Crippen molar-refractivity contribution in [2.75, 3.05) is 13.2 Å². The first kappa shape index (κ1) is 14.5. The van der Waals surface area contributed by atoms with Crippen molar-refractivity contribution in [1.82, 2.24) is 5.32 Å². The minimum absolute atomic E-state index is 0.0642. The molecule has 1 atom stereocenters. The molecule has 1 aromatic carbocycles. The monoisotopic (exact) mass is 261 g/mol. The Kier molecular flexibility index (Phi) is 5.15. The van der Waals surface area contributed by atoms with Crippen molar-refractivity contribution in [3.05, 3.63) is 35.9 Å². The fourth-order valence-electron chi connectivity index (χ4n) is 1.47. The van der Waals surface area contributed by atoms with Crippen LogP contribution >= 0.6 is 0 Å². The lowest BCUT2D eigenvalue weighted by Gasteiger charge is -2.21. The van der Waals surface area contributed by atoms with Crippen LogP contribution < -0.4 is 5.32 Å². The number of esters is 1. The number of alkyl halides is 3. The second-order valence-corrected chi connectivity index (χ2v) is 3.57. The van der Waals surface area contributed by atoms with E-state index in [0.29, 0.717) is 0 Å². The normalized spacial score (nSPS) is 13.1. The van der Waals surface area contributed by atoms with Crippen LogP contribution in [0.4, 0.5) is 13.2 Å². The van der Waals surface area contributed by atoms with Crippen molar-refractivity contribution in [2.24, 2.45) is 0 Å². The average molecular weight is 261 g/mol. The molecule has 6 heteroatoms. The zero-order valence-electron chi connectivity index (χ0n) is 9.83. The van der Waals surface area contributed by atoms with Crippen LogP contribution in [-0.2, 0) is 9.53 Å². The van der Waals surface area contributed by atoms with E-state index in [1.54, 1.807) is 13.0 Å². The molecule has 0 fully saturated rings. The van der Waals surface area contributed by atoms with Crippen LogP contribution in [-0.4, -0.2) is 25.3 Å². The Bertz CT molecular complexity index is 379. The third kappa shape index (κ3) is 4.37. The van der Waals surface area contributed by atoms with E-state index in [4.69, 9.17) is 0 Å². The van der Waals surface area contributed by atoms with Crippen molar-refractivity contribution >= 4 is 5.97 Å². The third-order valence-electron chi connectivity index (χ3n) is 2.22. The van der Waals surface area contributed by atoms with Crippen LogP contribution in [0.5, 0.6) is 0 Å². The molecule has 3 nitrogen and oxygen atoms in total. The van der Waals surface area contributed by atoms with Gasteiger partial charge in [0.25, 0.3) is 0 Å². The number of ether oxygens (including phenoxy) is 1. The maximum atomic E-state index is 12.8. The van der Waals surface area contributed by atoms with E-state index < -0.39 is 24.7 Å². The number of nitrogens with one attached hydrogen (secondary N) is 1. The Morgan fingerprint density at radius 2 is 1.94 bits per heavy atom. The summed E-state index contributed by atoms with van der Waals surface area (Å²) in [5.41, 5.74) is 0.0642. The Labute approximate surface area is 103 Å². The highest BCUT2D eigenvalue weighted by molar-refractivity contribution is 5.71. The van der Waals surface area contributed by atoms with E-state index >= 15 is 0 Å². The van der Waals surface area contributed by atoms with E-state index in [9.17, 15) is 18.0 Å². The highest BCUT2D eigenvalue weighted by Crippen LogP contribution is 2.32. The molecule has 0 radical (unpaired) electrons. The molecule has 1 rings (SSSR count). The molecule has 0 aliphatic rings. The summed E-state index contributed by atoms with van der Waals surface area (Å²) in [5.74, 6) is -0.706. The lowest BCUT2D eigenvalue weighted by molar-refractivity contribution is -0.160. The number of rotatable bonds is 5. The molecule has 0 saturated carbocycles. The van der Waals surface area contributed by atoms with Crippen LogP contribution in [0.1, 0.15) is 18.5 Å². The van der Waals surface area contributed by atoms with Crippen molar-refractivity contribution in [2.45, 2.75) is 19.1 Å². The molecule has 0 aliphatic heterocycles. The molecule has 0 heterocycles. The van der Waals surface area contributed by atoms with Gasteiger partial charge in [0.05, 0.1) is 13.2 Å². The lowest BCUT2D eigenvalue weighted by atomic mass is 10.1. The minimum atomic E-state index is -4.46. The molecular formula is C12H14F3NO2. The van der Waals surface area contributed by atoms with E-state index in [-0.39, 0.29) is 12.2 Å². The average Bonchev–Trinajstić information content (AvgIpc) is 2.29. The molecule has 0 spiro atoms. The van der Waals surface area contributed by atoms with E-state index in [0.717, 1.165) is 0 Å². The van der Waals surface area contributed by atoms with Crippen LogP contribution in [0, 0.1) is 0 Å². The van der Waals surface area contributed by atoms with Crippen molar-refractivity contribution in [3.8, 4) is 0 Å². The summed E-state index contributed by atoms with van der Waals surface area (Å²) in [6.45, 7) is 1.26. The number of hydrogen-bond donors (Lipinski definition) is 1. The van der Waals surface area contributed by atoms with Gasteiger partial charge in [-0.05, 0) is 12.5 Å². The largest absolute Gasteiger partial charge is 0.465 e. The first-order chi connectivity index (χ1) is 8.45. The molecule has 0 amide bonds. The van der Waals surface area contributed by atoms with Gasteiger partial charge in [-0.1, -0.05) is 30.3 Å². The first-order valence-electron chi connectivity index (χ1n) is 5.45. The standard InChI is InChI=1S/C12H14F3NO2/c1-2-18-10(17)8-16-11(12(13,14)15)9-6-4-3-5-7-9/h3-7,11,16H,2,8H2,1H3. The Hall–Kier alpha value is -1.56. The minimum Gasteiger partial charge on any atom is -0.465 e. The van der Waals surface area contributed by atoms with E-state index in [2.05, 4.69) is 10.1 Å². The van der Waals surface area contributed by atoms with Crippen LogP contribution in [0.3, 0.4) is 0 Å². The van der Waals surface area contributed by atoms with Gasteiger partial charge < -0.3 is 4.74 Å². The number of benzene rings is 1. The van der Waals surface area contributed by atoms with E-state index in [1.165, 1.54) is 24.3 Å². The predicted octanol–water partition coefficient (Wildman–Crippen LogP) is 2.44. The lowest BCUT2D eigenvalue weighted by Crippen LogP contribution is -2.37. The van der Waals surface area contributed by atoms with Gasteiger partial charge in [0.2, 0.25) is 0 Å². The van der Waals surface area contributed by atoms with E-state index in [1.807, 2.05) is 0 Å². The maximum Gasteiger partial charge on any atom is 0.407 e. The summed E-state index contributed by atoms with van der Waals surface area (Å²) in [7, 11) is 0. The van der Waals surface area contributed by atoms with Gasteiger partial charge in [0, 0.05) is 0 Å². The first-order valence-corrected chi connectivity index (χ1v) is 5.45. The van der Waals surface area contributed by atoms with Crippen LogP contribution in [0.2, 0.25) is 0 Å². The van der Waals surface area contributed by atoms with Gasteiger partial charge >= 0.3 is 12.1 Å². The van der Waals surface area contributed by atoms with Gasteiger partial charge in [-0.2, -0.15) is 13.2 Å². The van der Waals surface area contributed by atoms with Crippen LogP contribution in [0.15, 0.2) is 30.3 Å². The van der Waals surface area contributed by atoms with Gasteiger partial charge in [-0.3, -0.25) is 10.1 Å². The summed E-state index contributed by atoms with van der Waals surface area (Å²) < 4.78 is 43.1. The maximum absolute atomic E-state index is 12.8. The van der Waals surface area contributed by atoms with Gasteiger partial charge in [0.1, 0.15) is 6.04 Å². The Morgan fingerprint density at radius 1 is 1.33 bits per heavy atom. The van der Waals surface area contributed by atoms with Crippen molar-refractivity contribution in [3.63, 3.8) is 0 Å². The summed E-state index contributed by atoms with van der Waals surface area (Å²) >= 11 is 0. The van der Waals surface area contributed by atoms with Gasteiger partial charge in [-0.25, -0.2) is 0 Å². The molecule has 1 aromatic rings. The second kappa shape index (κ2) is 6.39. The molecule has 100 valence electrons. The van der Waals surface area contributed by atoms with Gasteiger partial charge in [0.15, 0.2) is 0 Å². The molecule has 0 bridgehead atoms. The fourth-order valence-corrected chi connectivity index (χ4v) is 1.47. The fraction of sp³-hybridized carbons (Fsp3) is 0.417. The number of halogens is 3. The summed E-state index contributed by atoms with van der Waals surface area (Å²) in [4.78, 5) is 11.1. The SMILES string of the molecule is CCOC(=O)CNC(c1ccccc1)C(F)(F)F. The topological polar surface area (TPSA) is 38.3 Å². The second-order valence-electron chi connectivity index (χ2n) is 3.57. The van der Waals surface area contributed by atoms with Crippen LogP contribution in [0.25, 0.3) is 0 Å². The zero-order chi connectivity index (χ0) is 13.6. The zero-order valence-corrected chi connectivity index (χ0v) is 9.83. The number of carbonyl (C=O) groups is 1. The quantitative estimate of drug-likeness (QED) is 0.827. The molecule has 0 aromatic heterocycles. The Morgan fingerprint density at radius 3 is 2.44 bits per heavy atom. The predicted molar refractivity (Wildman–Crippen MR) is 59.9 cm³/mol. The molecule has 1 unspecified atom stereocenters. The highest BCUT2D eigenvalue weighted by atomic mass is 19.4. The summed E-state index contributed by atoms with van der Waals surface area (Å²) in [5, 5.41) is 2.16.